The second kappa shape index (κ2) is 6.13. The summed E-state index contributed by atoms with van der Waals surface area (Å²) in [6, 6.07) is 4.22. The predicted molar refractivity (Wildman–Crippen MR) is 77.6 cm³/mol. The average Bonchev–Trinajstić information content (AvgIpc) is 2.75. The Kier molecular flexibility index (Phi) is 4.47. The number of carbonyl (C=O) groups excluding carboxylic acids is 1. The Hall–Kier alpha value is -2.08. The van der Waals surface area contributed by atoms with Gasteiger partial charge in [-0.15, -0.1) is 0 Å². The summed E-state index contributed by atoms with van der Waals surface area (Å²) in [5.41, 5.74) is 7.41. The molecule has 21 heavy (non-hydrogen) atoms. The Morgan fingerprint density at radius 1 is 1.52 bits per heavy atom. The minimum absolute atomic E-state index is 0.0222. The number of ether oxygens (including phenoxy) is 1. The first kappa shape index (κ1) is 15.3. The third-order valence-corrected chi connectivity index (χ3v) is 3.33. The molecule has 0 bridgehead atoms. The fourth-order valence-corrected chi connectivity index (χ4v) is 2.00. The predicted octanol–water partition coefficient (Wildman–Crippen LogP) is 2.94. The summed E-state index contributed by atoms with van der Waals surface area (Å²) >= 11 is 5.59. The maximum atomic E-state index is 13.3. The zero-order valence-corrected chi connectivity index (χ0v) is 12.4. The van der Waals surface area contributed by atoms with Crippen LogP contribution >= 0.6 is 11.6 Å². The largest absolute Gasteiger partial charge is 0.456 e. The molecule has 0 aliphatic carbocycles. The minimum Gasteiger partial charge on any atom is -0.456 e. The molecule has 112 valence electrons. The maximum Gasteiger partial charge on any atom is 0.359 e. The SMILES string of the molecule is CCn1nc(C)c(N)c1C(=O)OCc1ccc(Cl)c(F)c1. The normalized spacial score (nSPS) is 10.7. The van der Waals surface area contributed by atoms with Gasteiger partial charge in [0.1, 0.15) is 12.4 Å². The molecule has 0 aliphatic rings. The minimum atomic E-state index is -0.592. The molecule has 1 aromatic heterocycles. The number of aromatic nitrogens is 2. The van der Waals surface area contributed by atoms with E-state index < -0.39 is 11.8 Å². The van der Waals surface area contributed by atoms with Crippen LogP contribution in [0.25, 0.3) is 0 Å². The zero-order chi connectivity index (χ0) is 15.6. The van der Waals surface area contributed by atoms with E-state index in [9.17, 15) is 9.18 Å². The van der Waals surface area contributed by atoms with Gasteiger partial charge in [0.15, 0.2) is 5.69 Å². The smallest absolute Gasteiger partial charge is 0.359 e. The highest BCUT2D eigenvalue weighted by molar-refractivity contribution is 6.30. The third-order valence-electron chi connectivity index (χ3n) is 3.02. The fraction of sp³-hybridized carbons (Fsp3) is 0.286. The van der Waals surface area contributed by atoms with Gasteiger partial charge in [0.05, 0.1) is 16.4 Å². The van der Waals surface area contributed by atoms with Gasteiger partial charge < -0.3 is 10.5 Å². The summed E-state index contributed by atoms with van der Waals surface area (Å²) in [7, 11) is 0. The summed E-state index contributed by atoms with van der Waals surface area (Å²) in [6.45, 7) is 3.99. The number of carbonyl (C=O) groups is 1. The van der Waals surface area contributed by atoms with Crippen molar-refractivity contribution in [3.8, 4) is 0 Å². The van der Waals surface area contributed by atoms with E-state index in [2.05, 4.69) is 5.10 Å². The van der Waals surface area contributed by atoms with Gasteiger partial charge in [-0.3, -0.25) is 4.68 Å². The number of hydrogen-bond donors (Lipinski definition) is 1. The number of anilines is 1. The van der Waals surface area contributed by atoms with Crippen molar-refractivity contribution >= 4 is 23.3 Å². The Bertz CT molecular complexity index is 685. The van der Waals surface area contributed by atoms with Crippen molar-refractivity contribution in [1.82, 2.24) is 9.78 Å². The molecule has 5 nitrogen and oxygen atoms in total. The topological polar surface area (TPSA) is 70.1 Å². The van der Waals surface area contributed by atoms with E-state index in [0.717, 1.165) is 0 Å². The molecule has 1 aromatic carbocycles. The van der Waals surface area contributed by atoms with E-state index in [0.29, 0.717) is 23.5 Å². The van der Waals surface area contributed by atoms with E-state index >= 15 is 0 Å². The summed E-state index contributed by atoms with van der Waals surface area (Å²) in [6.07, 6.45) is 0. The number of nitrogen functional groups attached to an aromatic ring is 1. The fourth-order valence-electron chi connectivity index (χ4n) is 1.89. The lowest BCUT2D eigenvalue weighted by atomic mass is 10.2. The monoisotopic (exact) mass is 311 g/mol. The molecule has 0 atom stereocenters. The highest BCUT2D eigenvalue weighted by atomic mass is 35.5. The maximum absolute atomic E-state index is 13.3. The van der Waals surface area contributed by atoms with Gasteiger partial charge in [0, 0.05) is 6.54 Å². The number of halogens is 2. The van der Waals surface area contributed by atoms with Gasteiger partial charge in [-0.2, -0.15) is 5.10 Å². The molecule has 0 saturated heterocycles. The number of esters is 1. The molecule has 0 aliphatic heterocycles. The van der Waals surface area contributed by atoms with Crippen LogP contribution in [0.15, 0.2) is 18.2 Å². The van der Waals surface area contributed by atoms with Crippen LogP contribution in [0.3, 0.4) is 0 Å². The second-order valence-corrected chi connectivity index (χ2v) is 4.90. The first-order chi connectivity index (χ1) is 9.93. The van der Waals surface area contributed by atoms with Crippen molar-refractivity contribution in [2.45, 2.75) is 27.0 Å². The van der Waals surface area contributed by atoms with E-state index in [-0.39, 0.29) is 17.3 Å². The van der Waals surface area contributed by atoms with E-state index in [1.54, 1.807) is 13.0 Å². The number of aryl methyl sites for hydroxylation is 2. The Labute approximate surface area is 126 Å². The van der Waals surface area contributed by atoms with Crippen LogP contribution in [0.4, 0.5) is 10.1 Å². The van der Waals surface area contributed by atoms with Gasteiger partial charge >= 0.3 is 5.97 Å². The van der Waals surface area contributed by atoms with Crippen molar-refractivity contribution in [3.63, 3.8) is 0 Å². The van der Waals surface area contributed by atoms with Gasteiger partial charge in [0.25, 0.3) is 0 Å². The van der Waals surface area contributed by atoms with Crippen LogP contribution in [-0.4, -0.2) is 15.7 Å². The molecular weight excluding hydrogens is 297 g/mol. The summed E-state index contributed by atoms with van der Waals surface area (Å²) < 4.78 is 19.9. The van der Waals surface area contributed by atoms with E-state index in [1.807, 2.05) is 6.92 Å². The van der Waals surface area contributed by atoms with Crippen molar-refractivity contribution in [1.29, 1.82) is 0 Å². The zero-order valence-electron chi connectivity index (χ0n) is 11.7. The lowest BCUT2D eigenvalue weighted by Gasteiger charge is -2.07. The molecule has 1 heterocycles. The Morgan fingerprint density at radius 2 is 2.24 bits per heavy atom. The van der Waals surface area contributed by atoms with Gasteiger partial charge in [-0.1, -0.05) is 17.7 Å². The molecule has 2 N–H and O–H groups in total. The number of nitrogens with two attached hydrogens (primary N) is 1. The standard InChI is InChI=1S/C14H15ClFN3O2/c1-3-19-13(12(17)8(2)18-19)14(20)21-7-9-4-5-10(15)11(16)6-9/h4-6H,3,7,17H2,1-2H3. The number of hydrogen-bond acceptors (Lipinski definition) is 4. The molecule has 0 fully saturated rings. The molecule has 7 heteroatoms. The highest BCUT2D eigenvalue weighted by Crippen LogP contribution is 2.19. The molecule has 0 spiro atoms. The van der Waals surface area contributed by atoms with Gasteiger partial charge in [0.2, 0.25) is 0 Å². The number of nitrogens with zero attached hydrogens (tertiary/aromatic N) is 2. The lowest BCUT2D eigenvalue weighted by molar-refractivity contribution is 0.0459. The Balaban J connectivity index is 2.13. The number of rotatable bonds is 4. The van der Waals surface area contributed by atoms with Gasteiger partial charge in [-0.25, -0.2) is 9.18 Å². The van der Waals surface area contributed by atoms with Crippen LogP contribution < -0.4 is 5.73 Å². The summed E-state index contributed by atoms with van der Waals surface area (Å²) in [5, 5.41) is 4.17. The molecule has 0 saturated carbocycles. The van der Waals surface area contributed by atoms with E-state index in [1.165, 1.54) is 16.8 Å². The molecule has 0 unspecified atom stereocenters. The molecule has 0 amide bonds. The average molecular weight is 312 g/mol. The van der Waals surface area contributed by atoms with Crippen molar-refractivity contribution in [3.05, 3.63) is 46.0 Å². The van der Waals surface area contributed by atoms with E-state index in [4.69, 9.17) is 22.1 Å². The van der Waals surface area contributed by atoms with Crippen LogP contribution in [0.5, 0.6) is 0 Å². The van der Waals surface area contributed by atoms with Crippen LogP contribution in [0, 0.1) is 12.7 Å². The Morgan fingerprint density at radius 3 is 2.86 bits per heavy atom. The number of benzene rings is 1. The molecule has 2 rings (SSSR count). The summed E-state index contributed by atoms with van der Waals surface area (Å²) in [5.74, 6) is -1.15. The van der Waals surface area contributed by atoms with Crippen molar-refractivity contribution < 1.29 is 13.9 Å². The first-order valence-corrected chi connectivity index (χ1v) is 6.75. The van der Waals surface area contributed by atoms with Crippen molar-refractivity contribution in [2.24, 2.45) is 0 Å². The molecule has 2 aromatic rings. The third kappa shape index (κ3) is 3.16. The van der Waals surface area contributed by atoms with Crippen molar-refractivity contribution in [2.75, 3.05) is 5.73 Å². The lowest BCUT2D eigenvalue weighted by Crippen LogP contribution is -2.14. The second-order valence-electron chi connectivity index (χ2n) is 4.49. The van der Waals surface area contributed by atoms with Gasteiger partial charge in [-0.05, 0) is 31.5 Å². The van der Waals surface area contributed by atoms with Crippen LogP contribution in [0.2, 0.25) is 5.02 Å². The summed E-state index contributed by atoms with van der Waals surface area (Å²) in [4.78, 5) is 12.1. The highest BCUT2D eigenvalue weighted by Gasteiger charge is 2.20. The van der Waals surface area contributed by atoms with Crippen LogP contribution in [0.1, 0.15) is 28.7 Å². The molecular formula is C14H15ClFN3O2. The molecule has 0 radical (unpaired) electrons. The first-order valence-electron chi connectivity index (χ1n) is 6.38. The quantitative estimate of drug-likeness (QED) is 0.881. The van der Waals surface area contributed by atoms with Crippen LogP contribution in [-0.2, 0) is 17.9 Å².